The normalized spacial score (nSPS) is 25.7. The molecule has 7 heteroatoms. The van der Waals surface area contributed by atoms with E-state index in [4.69, 9.17) is 0 Å². The third kappa shape index (κ3) is 3.61. The molecular formula is C28H31N3O3S. The van der Waals surface area contributed by atoms with E-state index in [-0.39, 0.29) is 24.2 Å². The average molecular weight is 490 g/mol. The summed E-state index contributed by atoms with van der Waals surface area (Å²) < 4.78 is 0. The molecule has 0 radical (unpaired) electrons. The number of hydrogen-bond donors (Lipinski definition) is 1. The standard InChI is InChI=1S/C28H31N3O3S/c1-27(2)20-13-14-28(27,3)26(34)31(25(20)33)21(15-17-9-5-4-6-10-17)23(32)30-24-19(16-29)18-11-7-8-12-22(18)35-24/h4-6,9-10,20-21H,7-8,11-15H2,1-3H3,(H,30,32). The number of amides is 3. The molecule has 35 heavy (non-hydrogen) atoms. The monoisotopic (exact) mass is 489 g/mol. The fourth-order valence-corrected chi connectivity index (χ4v) is 7.49. The van der Waals surface area contributed by atoms with Crippen LogP contribution in [-0.4, -0.2) is 28.7 Å². The lowest BCUT2D eigenvalue weighted by atomic mass is 9.62. The van der Waals surface area contributed by atoms with Crippen LogP contribution < -0.4 is 5.32 Å². The van der Waals surface area contributed by atoms with Gasteiger partial charge >= 0.3 is 0 Å². The van der Waals surface area contributed by atoms with Gasteiger partial charge in [0.2, 0.25) is 17.7 Å². The first-order valence-corrected chi connectivity index (χ1v) is 13.3. The molecule has 2 aromatic rings. The van der Waals surface area contributed by atoms with Crippen LogP contribution in [0.2, 0.25) is 0 Å². The summed E-state index contributed by atoms with van der Waals surface area (Å²) in [6, 6.07) is 10.8. The number of aryl methyl sites for hydroxylation is 1. The first-order chi connectivity index (χ1) is 16.7. The van der Waals surface area contributed by atoms with Crippen LogP contribution in [0.4, 0.5) is 5.00 Å². The summed E-state index contributed by atoms with van der Waals surface area (Å²) in [5.41, 5.74) is 1.30. The number of nitriles is 1. The summed E-state index contributed by atoms with van der Waals surface area (Å²) in [5, 5.41) is 13.3. The van der Waals surface area contributed by atoms with Crippen molar-refractivity contribution in [2.24, 2.45) is 16.7 Å². The Morgan fingerprint density at radius 3 is 2.63 bits per heavy atom. The van der Waals surface area contributed by atoms with Gasteiger partial charge in [0.1, 0.15) is 17.1 Å². The topological polar surface area (TPSA) is 90.3 Å². The molecule has 2 bridgehead atoms. The second-order valence-electron chi connectivity index (χ2n) is 10.9. The van der Waals surface area contributed by atoms with Gasteiger partial charge in [-0.1, -0.05) is 51.1 Å². The van der Waals surface area contributed by atoms with Gasteiger partial charge in [-0.25, -0.2) is 0 Å². The summed E-state index contributed by atoms with van der Waals surface area (Å²) >= 11 is 1.46. The minimum absolute atomic E-state index is 0.236. The van der Waals surface area contributed by atoms with Crippen molar-refractivity contribution >= 4 is 34.1 Å². The summed E-state index contributed by atoms with van der Waals surface area (Å²) in [6.45, 7) is 5.94. The molecule has 3 atom stereocenters. The van der Waals surface area contributed by atoms with Crippen LogP contribution in [-0.2, 0) is 33.6 Å². The third-order valence-electron chi connectivity index (χ3n) is 8.86. The fourth-order valence-electron chi connectivity index (χ4n) is 6.25. The minimum Gasteiger partial charge on any atom is -0.315 e. The number of benzene rings is 1. The SMILES string of the molecule is CC12CCC(C(=O)N(C(Cc3ccccc3)C(=O)Nc3sc4c(c3C#N)CCCC4)C1=O)C2(C)C. The first kappa shape index (κ1) is 23.7. The van der Waals surface area contributed by atoms with Crippen molar-refractivity contribution < 1.29 is 14.4 Å². The predicted molar refractivity (Wildman–Crippen MR) is 135 cm³/mol. The molecule has 1 aromatic heterocycles. The number of hydrogen-bond acceptors (Lipinski definition) is 5. The highest BCUT2D eigenvalue weighted by molar-refractivity contribution is 7.16. The Bertz CT molecular complexity index is 1240. The van der Waals surface area contributed by atoms with E-state index in [2.05, 4.69) is 11.4 Å². The molecule has 182 valence electrons. The smallest absolute Gasteiger partial charge is 0.248 e. The van der Waals surface area contributed by atoms with Gasteiger partial charge in [0, 0.05) is 17.2 Å². The van der Waals surface area contributed by atoms with Crippen molar-refractivity contribution in [1.82, 2.24) is 4.90 Å². The van der Waals surface area contributed by atoms with Crippen LogP contribution in [0.15, 0.2) is 30.3 Å². The van der Waals surface area contributed by atoms with E-state index in [0.717, 1.165) is 41.7 Å². The van der Waals surface area contributed by atoms with E-state index in [9.17, 15) is 19.6 Å². The van der Waals surface area contributed by atoms with Crippen molar-refractivity contribution in [3.63, 3.8) is 0 Å². The molecule has 1 N–H and O–H groups in total. The molecule has 0 spiro atoms. The lowest BCUT2D eigenvalue weighted by Crippen LogP contribution is -2.64. The number of fused-ring (bicyclic) bond motifs is 3. The number of rotatable bonds is 5. The number of piperidine rings is 1. The largest absolute Gasteiger partial charge is 0.315 e. The highest BCUT2D eigenvalue weighted by atomic mass is 32.1. The van der Waals surface area contributed by atoms with Gasteiger partial charge in [-0.3, -0.25) is 19.3 Å². The molecule has 2 aliphatic carbocycles. The number of nitrogens with one attached hydrogen (secondary N) is 1. The molecule has 1 saturated heterocycles. The maximum atomic E-state index is 13.9. The molecule has 1 aromatic carbocycles. The third-order valence-corrected chi connectivity index (χ3v) is 10.1. The fraction of sp³-hybridized carbons (Fsp3) is 0.500. The predicted octanol–water partition coefficient (Wildman–Crippen LogP) is 4.86. The molecule has 6 nitrogen and oxygen atoms in total. The number of anilines is 1. The highest BCUT2D eigenvalue weighted by Gasteiger charge is 2.65. The molecule has 5 rings (SSSR count). The molecule has 3 unspecified atom stereocenters. The van der Waals surface area contributed by atoms with Gasteiger partial charge < -0.3 is 5.32 Å². The van der Waals surface area contributed by atoms with Crippen LogP contribution >= 0.6 is 11.3 Å². The van der Waals surface area contributed by atoms with Crippen molar-refractivity contribution in [2.75, 3.05) is 5.32 Å². The van der Waals surface area contributed by atoms with Gasteiger partial charge in [-0.05, 0) is 55.1 Å². The van der Waals surface area contributed by atoms with E-state index in [1.807, 2.05) is 51.1 Å². The highest BCUT2D eigenvalue weighted by Crippen LogP contribution is 2.60. The first-order valence-electron chi connectivity index (χ1n) is 12.5. The van der Waals surface area contributed by atoms with Gasteiger partial charge in [-0.15, -0.1) is 11.3 Å². The Morgan fingerprint density at radius 2 is 1.91 bits per heavy atom. The van der Waals surface area contributed by atoms with Crippen molar-refractivity contribution in [2.45, 2.75) is 71.8 Å². The molecule has 2 heterocycles. The van der Waals surface area contributed by atoms with Gasteiger partial charge in [0.25, 0.3) is 0 Å². The number of thiophene rings is 1. The Hall–Kier alpha value is -2.98. The molecule has 1 aliphatic heterocycles. The maximum absolute atomic E-state index is 13.9. The Balaban J connectivity index is 1.52. The molecule has 2 fully saturated rings. The Morgan fingerprint density at radius 1 is 1.20 bits per heavy atom. The number of nitrogens with zero attached hydrogens (tertiary/aromatic N) is 2. The molecule has 3 aliphatic rings. The van der Waals surface area contributed by atoms with E-state index >= 15 is 0 Å². The van der Waals surface area contributed by atoms with E-state index in [1.165, 1.54) is 16.2 Å². The van der Waals surface area contributed by atoms with Crippen LogP contribution in [0.1, 0.15) is 68.0 Å². The van der Waals surface area contributed by atoms with E-state index < -0.39 is 22.8 Å². The molecular weight excluding hydrogens is 458 g/mol. The van der Waals surface area contributed by atoms with E-state index in [0.29, 0.717) is 23.4 Å². The molecule has 3 amide bonds. The second-order valence-corrected chi connectivity index (χ2v) is 12.0. The van der Waals surface area contributed by atoms with Gasteiger partial charge in [0.15, 0.2) is 0 Å². The summed E-state index contributed by atoms with van der Waals surface area (Å²) in [5.74, 6) is -1.21. The van der Waals surface area contributed by atoms with Crippen LogP contribution in [0.3, 0.4) is 0 Å². The van der Waals surface area contributed by atoms with Gasteiger partial charge in [0.05, 0.1) is 11.0 Å². The van der Waals surface area contributed by atoms with E-state index in [1.54, 1.807) is 0 Å². The number of imide groups is 1. The lowest BCUT2D eigenvalue weighted by Gasteiger charge is -2.49. The summed E-state index contributed by atoms with van der Waals surface area (Å²) in [4.78, 5) is 43.8. The van der Waals surface area contributed by atoms with Crippen LogP contribution in [0.5, 0.6) is 0 Å². The van der Waals surface area contributed by atoms with Crippen molar-refractivity contribution in [3.05, 3.63) is 51.9 Å². The zero-order valence-corrected chi connectivity index (χ0v) is 21.3. The number of carbonyl (C=O) groups is 3. The molecule has 1 saturated carbocycles. The quantitative estimate of drug-likeness (QED) is 0.608. The average Bonchev–Trinajstić information content (AvgIpc) is 3.28. The van der Waals surface area contributed by atoms with Crippen molar-refractivity contribution in [1.29, 1.82) is 5.26 Å². The Labute approximate surface area is 210 Å². The zero-order chi connectivity index (χ0) is 25.0. The summed E-state index contributed by atoms with van der Waals surface area (Å²) in [7, 11) is 0. The minimum atomic E-state index is -0.973. The van der Waals surface area contributed by atoms with Crippen molar-refractivity contribution in [3.8, 4) is 6.07 Å². The maximum Gasteiger partial charge on any atom is 0.248 e. The number of likely N-dealkylation sites (tertiary alicyclic amines) is 1. The zero-order valence-electron chi connectivity index (χ0n) is 20.5. The van der Waals surface area contributed by atoms with Gasteiger partial charge in [-0.2, -0.15) is 5.26 Å². The lowest BCUT2D eigenvalue weighted by molar-refractivity contribution is -0.172. The Kier molecular flexibility index (Phi) is 5.83. The number of carbonyl (C=O) groups excluding carboxylic acids is 3. The summed E-state index contributed by atoms with van der Waals surface area (Å²) in [6.07, 6.45) is 5.40. The van der Waals surface area contributed by atoms with Crippen LogP contribution in [0.25, 0.3) is 0 Å². The van der Waals surface area contributed by atoms with Crippen LogP contribution in [0, 0.1) is 28.1 Å². The second kappa shape index (κ2) is 8.60.